The second-order valence-corrected chi connectivity index (χ2v) is 5.05. The van der Waals surface area contributed by atoms with Crippen molar-refractivity contribution >= 4 is 11.7 Å². The Hall–Kier alpha value is -1.30. The summed E-state index contributed by atoms with van der Waals surface area (Å²) >= 11 is 0. The number of piperidine rings is 1. The summed E-state index contributed by atoms with van der Waals surface area (Å²) in [5.74, 6) is 0.451. The first-order valence-electron chi connectivity index (χ1n) is 7.15. The summed E-state index contributed by atoms with van der Waals surface area (Å²) in [7, 11) is 0. The third-order valence-corrected chi connectivity index (χ3v) is 3.56. The lowest BCUT2D eigenvalue weighted by molar-refractivity contribution is -0.132. The van der Waals surface area contributed by atoms with Crippen LogP contribution in [-0.4, -0.2) is 47.5 Å². The molecule has 0 aromatic rings. The van der Waals surface area contributed by atoms with Gasteiger partial charge in [-0.25, -0.2) is 0 Å². The molecule has 1 aliphatic heterocycles. The molecule has 1 aliphatic rings. The first-order chi connectivity index (χ1) is 9.17. The molecule has 1 unspecified atom stereocenters. The number of nitrogens with two attached hydrogens (primary N) is 1. The molecule has 110 valence electrons. The maximum absolute atomic E-state index is 11.9. The Morgan fingerprint density at radius 1 is 1.42 bits per heavy atom. The Morgan fingerprint density at radius 2 is 2.11 bits per heavy atom. The predicted octanol–water partition coefficient (Wildman–Crippen LogP) is 0.894. The fraction of sp³-hybridized carbons (Fsp3) is 0.846. The van der Waals surface area contributed by atoms with E-state index in [1.807, 2.05) is 11.8 Å². The Labute approximate surface area is 115 Å². The van der Waals surface area contributed by atoms with Gasteiger partial charge in [-0.15, -0.1) is 0 Å². The molecule has 6 heteroatoms. The second-order valence-electron chi connectivity index (χ2n) is 5.05. The van der Waals surface area contributed by atoms with Gasteiger partial charge in [0.1, 0.15) is 5.84 Å². The molecule has 19 heavy (non-hydrogen) atoms. The summed E-state index contributed by atoms with van der Waals surface area (Å²) in [6.07, 6.45) is 5.39. The molecule has 0 spiro atoms. The van der Waals surface area contributed by atoms with Gasteiger partial charge in [0, 0.05) is 38.5 Å². The Morgan fingerprint density at radius 3 is 2.68 bits per heavy atom. The number of oxime groups is 1. The molecule has 1 fully saturated rings. The van der Waals surface area contributed by atoms with Crippen LogP contribution in [0.1, 0.15) is 45.4 Å². The van der Waals surface area contributed by atoms with Crippen LogP contribution in [0.3, 0.4) is 0 Å². The number of amides is 1. The Balaban J connectivity index is 2.22. The van der Waals surface area contributed by atoms with E-state index in [-0.39, 0.29) is 17.8 Å². The lowest BCUT2D eigenvalue weighted by Crippen LogP contribution is -2.39. The van der Waals surface area contributed by atoms with E-state index in [4.69, 9.17) is 10.9 Å². The molecule has 0 aliphatic carbocycles. The number of nitrogens with one attached hydrogen (secondary N) is 1. The molecule has 1 amide bonds. The van der Waals surface area contributed by atoms with Gasteiger partial charge in [-0.3, -0.25) is 4.79 Å². The summed E-state index contributed by atoms with van der Waals surface area (Å²) < 4.78 is 0. The van der Waals surface area contributed by atoms with E-state index in [1.54, 1.807) is 0 Å². The van der Waals surface area contributed by atoms with E-state index < -0.39 is 0 Å². The highest BCUT2D eigenvalue weighted by atomic mass is 16.4. The molecule has 0 aromatic heterocycles. The Bertz CT molecular complexity index is 301. The van der Waals surface area contributed by atoms with E-state index >= 15 is 0 Å². The van der Waals surface area contributed by atoms with E-state index in [9.17, 15) is 4.79 Å². The van der Waals surface area contributed by atoms with E-state index in [0.717, 1.165) is 32.4 Å². The van der Waals surface area contributed by atoms with Crippen molar-refractivity contribution in [1.29, 1.82) is 0 Å². The average molecular weight is 270 g/mol. The van der Waals surface area contributed by atoms with Gasteiger partial charge < -0.3 is 21.2 Å². The molecule has 6 nitrogen and oxygen atoms in total. The van der Waals surface area contributed by atoms with Gasteiger partial charge in [-0.1, -0.05) is 12.1 Å². The SMILES string of the molecule is CCC(CC(N)=NO)NCCC(=O)N1CCCCC1. The zero-order chi connectivity index (χ0) is 14.1. The molecule has 4 N–H and O–H groups in total. The third kappa shape index (κ3) is 5.92. The van der Waals surface area contributed by atoms with Gasteiger partial charge >= 0.3 is 0 Å². The van der Waals surface area contributed by atoms with Crippen LogP contribution in [0, 0.1) is 0 Å². The van der Waals surface area contributed by atoms with Crippen LogP contribution >= 0.6 is 0 Å². The smallest absolute Gasteiger partial charge is 0.223 e. The van der Waals surface area contributed by atoms with Gasteiger partial charge in [0.25, 0.3) is 0 Å². The molecular formula is C13H26N4O2. The van der Waals surface area contributed by atoms with Crippen LogP contribution in [0.25, 0.3) is 0 Å². The van der Waals surface area contributed by atoms with E-state index in [0.29, 0.717) is 19.4 Å². The third-order valence-electron chi connectivity index (χ3n) is 3.56. The minimum atomic E-state index is 0.157. The molecule has 1 heterocycles. The van der Waals surface area contributed by atoms with Crippen LogP contribution in [0.4, 0.5) is 0 Å². The minimum absolute atomic E-state index is 0.157. The van der Waals surface area contributed by atoms with Gasteiger partial charge in [0.2, 0.25) is 5.91 Å². The van der Waals surface area contributed by atoms with E-state index in [1.165, 1.54) is 6.42 Å². The van der Waals surface area contributed by atoms with Gasteiger partial charge in [0.15, 0.2) is 0 Å². The van der Waals surface area contributed by atoms with Crippen LogP contribution in [0.5, 0.6) is 0 Å². The number of carbonyl (C=O) groups excluding carboxylic acids is 1. The monoisotopic (exact) mass is 270 g/mol. The van der Waals surface area contributed by atoms with Crippen molar-refractivity contribution in [3.05, 3.63) is 0 Å². The number of carbonyl (C=O) groups is 1. The lowest BCUT2D eigenvalue weighted by atomic mass is 10.1. The highest BCUT2D eigenvalue weighted by Crippen LogP contribution is 2.09. The van der Waals surface area contributed by atoms with Gasteiger partial charge in [-0.2, -0.15) is 0 Å². The molecule has 0 aromatic carbocycles. The number of rotatable bonds is 7. The molecule has 0 radical (unpaired) electrons. The normalized spacial score (nSPS) is 18.4. The minimum Gasteiger partial charge on any atom is -0.409 e. The van der Waals surface area contributed by atoms with Crippen molar-refractivity contribution in [1.82, 2.24) is 10.2 Å². The zero-order valence-electron chi connectivity index (χ0n) is 11.8. The van der Waals surface area contributed by atoms with E-state index in [2.05, 4.69) is 10.5 Å². The first-order valence-corrected chi connectivity index (χ1v) is 7.15. The number of hydrogen-bond acceptors (Lipinski definition) is 4. The van der Waals surface area contributed by atoms with Crippen LogP contribution < -0.4 is 11.1 Å². The molecule has 1 rings (SSSR count). The molecular weight excluding hydrogens is 244 g/mol. The summed E-state index contributed by atoms with van der Waals surface area (Å²) in [6, 6.07) is 0.157. The molecule has 1 atom stereocenters. The number of hydrogen-bond donors (Lipinski definition) is 3. The van der Waals surface area contributed by atoms with Crippen LogP contribution in [0.15, 0.2) is 5.16 Å². The number of nitrogens with zero attached hydrogens (tertiary/aromatic N) is 2. The van der Waals surface area contributed by atoms with Crippen LogP contribution in [-0.2, 0) is 4.79 Å². The van der Waals surface area contributed by atoms with Crippen molar-refractivity contribution in [2.24, 2.45) is 10.9 Å². The van der Waals surface area contributed by atoms with Crippen LogP contribution in [0.2, 0.25) is 0 Å². The largest absolute Gasteiger partial charge is 0.409 e. The topological polar surface area (TPSA) is 91.0 Å². The van der Waals surface area contributed by atoms with Gasteiger partial charge in [-0.05, 0) is 25.7 Å². The zero-order valence-corrected chi connectivity index (χ0v) is 11.8. The fourth-order valence-electron chi connectivity index (χ4n) is 2.34. The fourth-order valence-corrected chi connectivity index (χ4v) is 2.34. The highest BCUT2D eigenvalue weighted by Gasteiger charge is 2.16. The molecule has 1 saturated heterocycles. The average Bonchev–Trinajstić information content (AvgIpc) is 2.46. The number of likely N-dealkylation sites (tertiary alicyclic amines) is 1. The van der Waals surface area contributed by atoms with Crippen molar-refractivity contribution in [3.8, 4) is 0 Å². The molecule has 0 saturated carbocycles. The summed E-state index contributed by atoms with van der Waals surface area (Å²) in [4.78, 5) is 13.9. The quantitative estimate of drug-likeness (QED) is 0.277. The Kier molecular flexibility index (Phi) is 7.25. The maximum atomic E-state index is 11.9. The highest BCUT2D eigenvalue weighted by molar-refractivity contribution is 5.80. The maximum Gasteiger partial charge on any atom is 0.223 e. The van der Waals surface area contributed by atoms with Crippen molar-refractivity contribution in [2.45, 2.75) is 51.5 Å². The van der Waals surface area contributed by atoms with Crippen molar-refractivity contribution in [3.63, 3.8) is 0 Å². The van der Waals surface area contributed by atoms with Crippen molar-refractivity contribution in [2.75, 3.05) is 19.6 Å². The summed E-state index contributed by atoms with van der Waals surface area (Å²) in [5.41, 5.74) is 5.48. The predicted molar refractivity (Wildman–Crippen MR) is 75.2 cm³/mol. The summed E-state index contributed by atoms with van der Waals surface area (Å²) in [5, 5.41) is 14.8. The standard InChI is InChI=1S/C13H26N4O2/c1-2-11(10-12(14)16-19)15-7-6-13(18)17-8-4-3-5-9-17/h11,15,19H,2-10H2,1H3,(H2,14,16). The molecule has 0 bridgehead atoms. The first kappa shape index (κ1) is 15.8. The van der Waals surface area contributed by atoms with Crippen molar-refractivity contribution < 1.29 is 10.0 Å². The lowest BCUT2D eigenvalue weighted by Gasteiger charge is -2.27. The van der Waals surface area contributed by atoms with Gasteiger partial charge in [0.05, 0.1) is 0 Å². The second kappa shape index (κ2) is 8.74. The summed E-state index contributed by atoms with van der Waals surface area (Å²) in [6.45, 7) is 4.49. The number of amidine groups is 1.